The van der Waals surface area contributed by atoms with E-state index in [1.54, 1.807) is 25.3 Å². The molecular formula is C14H21FO3. The van der Waals surface area contributed by atoms with E-state index >= 15 is 0 Å². The molecule has 4 heteroatoms. The molecule has 0 aliphatic heterocycles. The van der Waals surface area contributed by atoms with Crippen molar-refractivity contribution in [2.45, 2.75) is 38.4 Å². The molecule has 0 bridgehead atoms. The summed E-state index contributed by atoms with van der Waals surface area (Å²) in [6.45, 7) is 1.94. The Hall–Kier alpha value is -1.13. The lowest BCUT2D eigenvalue weighted by atomic mass is 10.0. The highest BCUT2D eigenvalue weighted by Gasteiger charge is 2.13. The molecule has 0 aliphatic carbocycles. The van der Waals surface area contributed by atoms with Crippen molar-refractivity contribution in [2.24, 2.45) is 0 Å². The van der Waals surface area contributed by atoms with Gasteiger partial charge in [0.15, 0.2) is 11.6 Å². The van der Waals surface area contributed by atoms with Crippen molar-refractivity contribution < 1.29 is 19.0 Å². The first kappa shape index (κ1) is 14.9. The Labute approximate surface area is 108 Å². The van der Waals surface area contributed by atoms with Gasteiger partial charge in [-0.25, -0.2) is 4.39 Å². The van der Waals surface area contributed by atoms with E-state index in [9.17, 15) is 9.50 Å². The minimum Gasteiger partial charge on any atom is -0.494 e. The van der Waals surface area contributed by atoms with Crippen molar-refractivity contribution in [1.29, 1.82) is 0 Å². The summed E-state index contributed by atoms with van der Waals surface area (Å²) in [5.74, 6) is -0.177. The lowest BCUT2D eigenvalue weighted by Gasteiger charge is -2.15. The fraction of sp³-hybridized carbons (Fsp3) is 0.571. The van der Waals surface area contributed by atoms with Gasteiger partial charge >= 0.3 is 0 Å². The Kier molecular flexibility index (Phi) is 6.09. The Balaban J connectivity index is 2.56. The lowest BCUT2D eigenvalue weighted by Crippen LogP contribution is -2.15. The van der Waals surface area contributed by atoms with Crippen LogP contribution in [0.1, 0.15) is 25.3 Å². The number of benzene rings is 1. The maximum atomic E-state index is 13.8. The molecule has 1 aromatic rings. The molecule has 0 fully saturated rings. The van der Waals surface area contributed by atoms with E-state index in [4.69, 9.17) is 9.47 Å². The van der Waals surface area contributed by atoms with Gasteiger partial charge in [-0.1, -0.05) is 12.1 Å². The normalized spacial score (nSPS) is 14.3. The van der Waals surface area contributed by atoms with Crippen LogP contribution in [0.25, 0.3) is 0 Å². The minimum atomic E-state index is -0.566. The van der Waals surface area contributed by atoms with E-state index in [-0.39, 0.29) is 17.7 Å². The average Bonchev–Trinajstić information content (AvgIpc) is 2.38. The van der Waals surface area contributed by atoms with E-state index in [2.05, 4.69) is 0 Å². The maximum Gasteiger partial charge on any atom is 0.168 e. The summed E-state index contributed by atoms with van der Waals surface area (Å²) >= 11 is 0. The first-order chi connectivity index (χ1) is 8.58. The second-order valence-electron chi connectivity index (χ2n) is 4.41. The van der Waals surface area contributed by atoms with Gasteiger partial charge in [-0.05, 0) is 31.4 Å². The zero-order valence-electron chi connectivity index (χ0n) is 11.1. The van der Waals surface area contributed by atoms with Crippen LogP contribution in [0.5, 0.6) is 5.75 Å². The third kappa shape index (κ3) is 4.27. The van der Waals surface area contributed by atoms with Crippen LogP contribution in [0.2, 0.25) is 0 Å². The van der Waals surface area contributed by atoms with E-state index in [0.717, 1.165) is 6.42 Å². The molecule has 0 amide bonds. The Bertz CT molecular complexity index is 368. The fourth-order valence-corrected chi connectivity index (χ4v) is 1.77. The zero-order chi connectivity index (χ0) is 13.5. The van der Waals surface area contributed by atoms with Crippen LogP contribution >= 0.6 is 0 Å². The van der Waals surface area contributed by atoms with Crippen molar-refractivity contribution in [1.82, 2.24) is 0 Å². The van der Waals surface area contributed by atoms with Crippen LogP contribution in [0.3, 0.4) is 0 Å². The summed E-state index contributed by atoms with van der Waals surface area (Å²) in [6.07, 6.45) is 1.17. The molecule has 2 atom stereocenters. The standard InChI is InChI=1S/C14H21FO3/c1-10(17-2)7-8-12(16)9-11-5-4-6-13(18-3)14(11)15/h4-6,10,12,16H,7-9H2,1-3H3. The molecular weight excluding hydrogens is 235 g/mol. The third-order valence-electron chi connectivity index (χ3n) is 3.03. The van der Waals surface area contributed by atoms with Gasteiger partial charge < -0.3 is 14.6 Å². The van der Waals surface area contributed by atoms with Crippen LogP contribution in [0, 0.1) is 5.82 Å². The average molecular weight is 256 g/mol. The number of halogens is 1. The number of aliphatic hydroxyl groups excluding tert-OH is 1. The number of rotatable bonds is 7. The van der Waals surface area contributed by atoms with Crippen LogP contribution in [0.15, 0.2) is 18.2 Å². The summed E-state index contributed by atoms with van der Waals surface area (Å²) in [5, 5.41) is 9.87. The topological polar surface area (TPSA) is 38.7 Å². The second-order valence-corrected chi connectivity index (χ2v) is 4.41. The smallest absolute Gasteiger partial charge is 0.168 e. The SMILES string of the molecule is COc1cccc(CC(O)CCC(C)OC)c1F. The molecule has 1 N–H and O–H groups in total. The predicted octanol–water partition coefficient (Wildman–Crippen LogP) is 2.55. The van der Waals surface area contributed by atoms with Crippen LogP contribution < -0.4 is 4.74 Å². The van der Waals surface area contributed by atoms with Gasteiger partial charge in [-0.2, -0.15) is 0 Å². The summed E-state index contributed by atoms with van der Waals surface area (Å²) < 4.78 is 23.8. The van der Waals surface area contributed by atoms with Gasteiger partial charge in [-0.15, -0.1) is 0 Å². The molecule has 0 heterocycles. The predicted molar refractivity (Wildman–Crippen MR) is 68.4 cm³/mol. The van der Waals surface area contributed by atoms with E-state index < -0.39 is 6.10 Å². The van der Waals surface area contributed by atoms with Crippen molar-refractivity contribution >= 4 is 0 Å². The van der Waals surface area contributed by atoms with E-state index in [1.807, 2.05) is 6.92 Å². The maximum absolute atomic E-state index is 13.8. The quantitative estimate of drug-likeness (QED) is 0.815. The highest BCUT2D eigenvalue weighted by atomic mass is 19.1. The molecule has 0 aromatic heterocycles. The molecule has 102 valence electrons. The van der Waals surface area contributed by atoms with Crippen molar-refractivity contribution in [2.75, 3.05) is 14.2 Å². The van der Waals surface area contributed by atoms with Gasteiger partial charge in [0.2, 0.25) is 0 Å². The number of methoxy groups -OCH3 is 2. The molecule has 0 spiro atoms. The molecule has 0 radical (unpaired) electrons. The number of ether oxygens (including phenoxy) is 2. The fourth-order valence-electron chi connectivity index (χ4n) is 1.77. The molecule has 2 unspecified atom stereocenters. The van der Waals surface area contributed by atoms with Crippen molar-refractivity contribution in [3.8, 4) is 5.75 Å². The minimum absolute atomic E-state index is 0.106. The molecule has 0 saturated carbocycles. The monoisotopic (exact) mass is 256 g/mol. The molecule has 0 saturated heterocycles. The Morgan fingerprint density at radius 3 is 2.61 bits per heavy atom. The zero-order valence-corrected chi connectivity index (χ0v) is 11.1. The van der Waals surface area contributed by atoms with Crippen molar-refractivity contribution in [3.63, 3.8) is 0 Å². The number of hydrogen-bond donors (Lipinski definition) is 1. The molecule has 0 aliphatic rings. The van der Waals surface area contributed by atoms with Crippen LogP contribution in [-0.4, -0.2) is 31.5 Å². The molecule has 18 heavy (non-hydrogen) atoms. The lowest BCUT2D eigenvalue weighted by molar-refractivity contribution is 0.0849. The number of aliphatic hydroxyl groups is 1. The summed E-state index contributed by atoms with van der Waals surface area (Å²) in [4.78, 5) is 0. The Morgan fingerprint density at radius 2 is 2.00 bits per heavy atom. The largest absolute Gasteiger partial charge is 0.494 e. The molecule has 3 nitrogen and oxygen atoms in total. The molecule has 1 rings (SSSR count). The highest BCUT2D eigenvalue weighted by Crippen LogP contribution is 2.21. The van der Waals surface area contributed by atoms with Crippen LogP contribution in [0.4, 0.5) is 4.39 Å². The van der Waals surface area contributed by atoms with Crippen LogP contribution in [-0.2, 0) is 11.2 Å². The highest BCUT2D eigenvalue weighted by molar-refractivity contribution is 5.31. The van der Waals surface area contributed by atoms with Gasteiger partial charge in [0, 0.05) is 13.5 Å². The summed E-state index contributed by atoms with van der Waals surface area (Å²) in [5.41, 5.74) is 0.479. The molecule has 1 aromatic carbocycles. The van der Waals surface area contributed by atoms with E-state index in [1.165, 1.54) is 7.11 Å². The first-order valence-electron chi connectivity index (χ1n) is 6.10. The second kappa shape index (κ2) is 7.34. The Morgan fingerprint density at radius 1 is 1.28 bits per heavy atom. The van der Waals surface area contributed by atoms with Gasteiger partial charge in [-0.3, -0.25) is 0 Å². The van der Waals surface area contributed by atoms with Crippen molar-refractivity contribution in [3.05, 3.63) is 29.6 Å². The third-order valence-corrected chi connectivity index (χ3v) is 3.03. The first-order valence-corrected chi connectivity index (χ1v) is 6.10. The summed E-state index contributed by atoms with van der Waals surface area (Å²) in [6, 6.07) is 4.96. The summed E-state index contributed by atoms with van der Waals surface area (Å²) in [7, 11) is 3.07. The van der Waals surface area contributed by atoms with Gasteiger partial charge in [0.25, 0.3) is 0 Å². The van der Waals surface area contributed by atoms with Gasteiger partial charge in [0.05, 0.1) is 19.3 Å². The number of hydrogen-bond acceptors (Lipinski definition) is 3. The van der Waals surface area contributed by atoms with Gasteiger partial charge in [0.1, 0.15) is 0 Å². The van der Waals surface area contributed by atoms with E-state index in [0.29, 0.717) is 18.4 Å².